The molecular formula is C33H34N8O4S. The molecule has 3 aromatic carbocycles. The van der Waals surface area contributed by atoms with E-state index in [0.717, 1.165) is 51.7 Å². The van der Waals surface area contributed by atoms with E-state index in [2.05, 4.69) is 25.3 Å². The number of rotatable bonds is 9. The van der Waals surface area contributed by atoms with Gasteiger partial charge in [-0.2, -0.15) is 5.10 Å². The van der Waals surface area contributed by atoms with E-state index in [4.69, 9.17) is 10.5 Å². The molecule has 12 nitrogen and oxygen atoms in total. The molecule has 46 heavy (non-hydrogen) atoms. The van der Waals surface area contributed by atoms with E-state index in [1.165, 1.54) is 10.9 Å². The monoisotopic (exact) mass is 638 g/mol. The topological polar surface area (TPSA) is 153 Å². The maximum atomic E-state index is 14.3. The molecule has 1 aliphatic heterocycles. The van der Waals surface area contributed by atoms with Crippen molar-refractivity contribution < 1.29 is 17.9 Å². The first-order valence-corrected chi connectivity index (χ1v) is 16.5. The Hall–Kier alpha value is -4.98. The Labute approximate surface area is 265 Å². The fraction of sp³-hybridized carbons (Fsp3) is 0.242. The number of ether oxygens (including phenoxy) is 1. The molecule has 7 rings (SSSR count). The number of hydrogen-bond donors (Lipinski definition) is 3. The van der Waals surface area contributed by atoms with Gasteiger partial charge < -0.3 is 20.8 Å². The van der Waals surface area contributed by atoms with Gasteiger partial charge in [0.25, 0.3) is 10.0 Å². The van der Waals surface area contributed by atoms with Gasteiger partial charge in [0.2, 0.25) is 5.78 Å². The zero-order valence-corrected chi connectivity index (χ0v) is 26.3. The fourth-order valence-corrected chi connectivity index (χ4v) is 7.40. The number of nitrogens with two attached hydrogens (primary N) is 1. The first-order valence-electron chi connectivity index (χ1n) is 15.1. The number of carbonyl (C=O) groups excluding carboxylic acids is 1. The molecule has 1 aliphatic rings. The van der Waals surface area contributed by atoms with Crippen LogP contribution in [0.4, 0.5) is 11.5 Å². The SMILES string of the molecule is Cc1ccc(S(=O)(=O)n2c(C(=O)c3cnn(-c4ccc5[nH]c(C)nc5c4)c3N)cc3c(NCCN4CCOCC4)cccc32)cc1. The number of aromatic amines is 1. The van der Waals surface area contributed by atoms with Gasteiger partial charge in [0.05, 0.1) is 52.1 Å². The van der Waals surface area contributed by atoms with Crippen LogP contribution in [0.5, 0.6) is 0 Å². The van der Waals surface area contributed by atoms with E-state index in [9.17, 15) is 13.2 Å². The molecule has 6 aromatic rings. The number of benzene rings is 3. The Balaban J connectivity index is 1.31. The number of aryl methyl sites for hydroxylation is 2. The molecular weight excluding hydrogens is 604 g/mol. The third-order valence-corrected chi connectivity index (χ3v) is 10.1. The lowest BCUT2D eigenvalue weighted by molar-refractivity contribution is 0.0398. The van der Waals surface area contributed by atoms with Gasteiger partial charge in [-0.25, -0.2) is 22.1 Å². The molecule has 0 radical (unpaired) electrons. The third kappa shape index (κ3) is 5.31. The lowest BCUT2D eigenvalue weighted by Crippen LogP contribution is -2.39. The van der Waals surface area contributed by atoms with Crippen molar-refractivity contribution in [3.05, 3.63) is 95.6 Å². The van der Waals surface area contributed by atoms with Crippen LogP contribution in [-0.2, 0) is 14.8 Å². The van der Waals surface area contributed by atoms with Crippen molar-refractivity contribution in [2.24, 2.45) is 0 Å². The quantitative estimate of drug-likeness (QED) is 0.199. The highest BCUT2D eigenvalue weighted by Crippen LogP contribution is 2.33. The highest BCUT2D eigenvalue weighted by molar-refractivity contribution is 7.90. The molecule has 4 N–H and O–H groups in total. The fourth-order valence-electron chi connectivity index (χ4n) is 5.90. The Morgan fingerprint density at radius 1 is 1.04 bits per heavy atom. The number of imidazole rings is 1. The molecule has 4 heterocycles. The average Bonchev–Trinajstić information content (AvgIpc) is 3.75. The predicted molar refractivity (Wildman–Crippen MR) is 177 cm³/mol. The lowest BCUT2D eigenvalue weighted by atomic mass is 10.1. The second-order valence-electron chi connectivity index (χ2n) is 11.4. The predicted octanol–water partition coefficient (Wildman–Crippen LogP) is 4.11. The number of H-pyrrole nitrogens is 1. The number of nitrogens with zero attached hydrogens (tertiary/aromatic N) is 5. The van der Waals surface area contributed by atoms with Crippen LogP contribution in [0.25, 0.3) is 27.6 Å². The Kier molecular flexibility index (Phi) is 7.59. The van der Waals surface area contributed by atoms with Crippen molar-refractivity contribution in [1.82, 2.24) is 28.6 Å². The smallest absolute Gasteiger partial charge is 0.268 e. The number of fused-ring (bicyclic) bond motifs is 2. The average molecular weight is 639 g/mol. The van der Waals surface area contributed by atoms with Crippen molar-refractivity contribution in [2.45, 2.75) is 18.7 Å². The highest BCUT2D eigenvalue weighted by Gasteiger charge is 2.30. The van der Waals surface area contributed by atoms with Crippen molar-refractivity contribution >= 4 is 49.2 Å². The van der Waals surface area contributed by atoms with Crippen LogP contribution >= 0.6 is 0 Å². The molecule has 0 bridgehead atoms. The molecule has 0 aliphatic carbocycles. The number of aromatic nitrogens is 5. The number of nitrogen functional groups attached to an aromatic ring is 1. The van der Waals surface area contributed by atoms with Crippen LogP contribution in [0.1, 0.15) is 27.4 Å². The maximum Gasteiger partial charge on any atom is 0.268 e. The summed E-state index contributed by atoms with van der Waals surface area (Å²) < 4.78 is 36.5. The van der Waals surface area contributed by atoms with Crippen LogP contribution in [0.2, 0.25) is 0 Å². The minimum atomic E-state index is -4.19. The van der Waals surface area contributed by atoms with Gasteiger partial charge in [-0.15, -0.1) is 0 Å². The molecule has 0 amide bonds. The Morgan fingerprint density at radius 3 is 2.61 bits per heavy atom. The summed E-state index contributed by atoms with van der Waals surface area (Å²) in [7, 11) is -4.19. The van der Waals surface area contributed by atoms with Crippen LogP contribution in [0.15, 0.2) is 77.8 Å². The zero-order chi connectivity index (χ0) is 32.0. The van der Waals surface area contributed by atoms with E-state index < -0.39 is 15.8 Å². The van der Waals surface area contributed by atoms with Crippen molar-refractivity contribution in [2.75, 3.05) is 50.4 Å². The number of carbonyl (C=O) groups is 1. The van der Waals surface area contributed by atoms with Gasteiger partial charge >= 0.3 is 0 Å². The Morgan fingerprint density at radius 2 is 1.83 bits per heavy atom. The summed E-state index contributed by atoms with van der Waals surface area (Å²) >= 11 is 0. The summed E-state index contributed by atoms with van der Waals surface area (Å²) in [6.45, 7) is 8.32. The van der Waals surface area contributed by atoms with Gasteiger partial charge in [-0.1, -0.05) is 23.8 Å². The van der Waals surface area contributed by atoms with Crippen molar-refractivity contribution in [3.63, 3.8) is 0 Å². The molecule has 236 valence electrons. The summed E-state index contributed by atoms with van der Waals surface area (Å²) in [4.78, 5) is 24.4. The van der Waals surface area contributed by atoms with Crippen molar-refractivity contribution in [3.8, 4) is 5.69 Å². The van der Waals surface area contributed by atoms with Crippen LogP contribution < -0.4 is 11.1 Å². The lowest BCUT2D eigenvalue weighted by Gasteiger charge is -2.26. The molecule has 13 heteroatoms. The van der Waals surface area contributed by atoms with Gasteiger partial charge in [0.1, 0.15) is 17.3 Å². The van der Waals surface area contributed by atoms with Gasteiger partial charge in [0, 0.05) is 37.3 Å². The highest BCUT2D eigenvalue weighted by atomic mass is 32.2. The molecule has 0 unspecified atom stereocenters. The second-order valence-corrected chi connectivity index (χ2v) is 13.2. The molecule has 0 atom stereocenters. The summed E-state index contributed by atoms with van der Waals surface area (Å²) in [5.41, 5.74) is 10.8. The first kappa shape index (κ1) is 29.7. The van der Waals surface area contributed by atoms with E-state index >= 15 is 0 Å². The van der Waals surface area contributed by atoms with Crippen LogP contribution in [0.3, 0.4) is 0 Å². The molecule has 3 aromatic heterocycles. The van der Waals surface area contributed by atoms with Crippen LogP contribution in [0, 0.1) is 13.8 Å². The maximum absolute atomic E-state index is 14.3. The van der Waals surface area contributed by atoms with E-state index in [1.54, 1.807) is 42.5 Å². The zero-order valence-electron chi connectivity index (χ0n) is 25.5. The summed E-state index contributed by atoms with van der Waals surface area (Å²) in [6.07, 6.45) is 1.37. The third-order valence-electron chi connectivity index (χ3n) is 8.32. The van der Waals surface area contributed by atoms with E-state index in [0.29, 0.717) is 36.3 Å². The minimum absolute atomic E-state index is 0.0392. The largest absolute Gasteiger partial charge is 0.383 e. The summed E-state index contributed by atoms with van der Waals surface area (Å²) in [6, 6.07) is 19.1. The number of anilines is 2. The van der Waals surface area contributed by atoms with E-state index in [-0.39, 0.29) is 22.0 Å². The normalized spacial score (nSPS) is 14.3. The first-order chi connectivity index (χ1) is 22.2. The van der Waals surface area contributed by atoms with Crippen LogP contribution in [-0.4, -0.2) is 82.2 Å². The molecule has 0 saturated carbocycles. The number of morpholine rings is 1. The number of ketones is 1. The van der Waals surface area contributed by atoms with Gasteiger partial charge in [-0.05, 0) is 62.4 Å². The minimum Gasteiger partial charge on any atom is -0.383 e. The van der Waals surface area contributed by atoms with Gasteiger partial charge in [0.15, 0.2) is 0 Å². The Bertz CT molecular complexity index is 2190. The molecule has 0 spiro atoms. The molecule has 1 saturated heterocycles. The number of hydrogen-bond acceptors (Lipinski definition) is 9. The summed E-state index contributed by atoms with van der Waals surface area (Å²) in [5.74, 6) is 0.297. The number of nitrogens with one attached hydrogen (secondary N) is 2. The standard InChI is InChI=1S/C33H34N8O4S/c1-21-6-9-24(10-7-21)46(43,44)41-30-5-3-4-27(35-12-13-39-14-16-45-17-15-39)25(30)19-31(41)32(42)26-20-36-40(33(26)34)23-8-11-28-29(18-23)38-22(2)37-28/h3-11,18-20,35H,12-17,34H2,1-2H3,(H,37,38). The molecule has 1 fully saturated rings. The second kappa shape index (κ2) is 11.7. The van der Waals surface area contributed by atoms with E-state index in [1.807, 2.05) is 38.1 Å². The summed E-state index contributed by atoms with van der Waals surface area (Å²) in [5, 5.41) is 8.47. The van der Waals surface area contributed by atoms with Crippen molar-refractivity contribution in [1.29, 1.82) is 0 Å². The van der Waals surface area contributed by atoms with Gasteiger partial charge in [-0.3, -0.25) is 9.69 Å².